The van der Waals surface area contributed by atoms with Gasteiger partial charge in [-0.1, -0.05) is 26.0 Å². The van der Waals surface area contributed by atoms with Gasteiger partial charge in [-0.3, -0.25) is 9.10 Å². The molecule has 0 bridgehead atoms. The highest BCUT2D eigenvalue weighted by Crippen LogP contribution is 2.34. The van der Waals surface area contributed by atoms with Crippen LogP contribution in [-0.2, 0) is 14.8 Å². The molecule has 0 unspecified atom stereocenters. The minimum atomic E-state index is -3.49. The third kappa shape index (κ3) is 5.17. The van der Waals surface area contributed by atoms with Crippen molar-refractivity contribution in [1.82, 2.24) is 10.2 Å². The van der Waals surface area contributed by atoms with Crippen LogP contribution in [0.3, 0.4) is 0 Å². The highest BCUT2D eigenvalue weighted by atomic mass is 32.2. The van der Waals surface area contributed by atoms with Crippen molar-refractivity contribution in [3.8, 4) is 5.75 Å². The molecule has 3 rings (SSSR count). The molecule has 8 heteroatoms. The largest absolute Gasteiger partial charge is 0.476 e. The molecule has 0 radical (unpaired) electrons. The summed E-state index contributed by atoms with van der Waals surface area (Å²) in [5.74, 6) is 1.58. The molecule has 0 saturated carbocycles. The SMILES string of the molecule is C[C@@H]1C[C@@H](C)CN(CCCNC(=O)[C@H]2CN(S(C)(=O)=O)c3ccccc3O2)C1. The van der Waals surface area contributed by atoms with E-state index in [4.69, 9.17) is 4.74 Å². The minimum absolute atomic E-state index is 0.0111. The van der Waals surface area contributed by atoms with Gasteiger partial charge in [0.2, 0.25) is 10.0 Å². The first-order chi connectivity index (χ1) is 13.2. The fourth-order valence-corrected chi connectivity index (χ4v) is 5.17. The van der Waals surface area contributed by atoms with Crippen LogP contribution in [0.15, 0.2) is 24.3 Å². The number of hydrogen-bond donors (Lipinski definition) is 1. The zero-order valence-electron chi connectivity index (χ0n) is 16.9. The Kier molecular flexibility index (Phi) is 6.50. The predicted octanol–water partition coefficient (Wildman–Crippen LogP) is 1.70. The molecule has 7 nitrogen and oxygen atoms in total. The van der Waals surface area contributed by atoms with Crippen LogP contribution >= 0.6 is 0 Å². The minimum Gasteiger partial charge on any atom is -0.476 e. The quantitative estimate of drug-likeness (QED) is 0.724. The standard InChI is InChI=1S/C20H31N3O4S/c1-15-11-16(2)13-22(12-15)10-6-9-21-20(24)19-14-23(28(3,25)26)17-7-4-5-8-18(17)27-19/h4-5,7-8,15-16,19H,6,9-14H2,1-3H3,(H,21,24)/t15-,16-,19-/m1/s1. The van der Waals surface area contributed by atoms with E-state index in [-0.39, 0.29) is 12.5 Å². The van der Waals surface area contributed by atoms with Crippen molar-refractivity contribution in [1.29, 1.82) is 0 Å². The normalized spacial score (nSPS) is 25.7. The number of hydrogen-bond acceptors (Lipinski definition) is 5. The molecule has 3 atom stereocenters. The van der Waals surface area contributed by atoms with Gasteiger partial charge in [0.15, 0.2) is 6.10 Å². The van der Waals surface area contributed by atoms with Crippen LogP contribution in [0.2, 0.25) is 0 Å². The molecule has 1 fully saturated rings. The van der Waals surface area contributed by atoms with E-state index < -0.39 is 16.1 Å². The van der Waals surface area contributed by atoms with E-state index in [2.05, 4.69) is 24.1 Å². The van der Waals surface area contributed by atoms with Crippen molar-refractivity contribution in [2.75, 3.05) is 43.3 Å². The number of benzene rings is 1. The van der Waals surface area contributed by atoms with Crippen LogP contribution in [0.1, 0.15) is 26.7 Å². The average molecular weight is 410 g/mol. The summed E-state index contributed by atoms with van der Waals surface area (Å²) in [5, 5.41) is 2.91. The monoisotopic (exact) mass is 409 g/mol. The van der Waals surface area contributed by atoms with Crippen LogP contribution in [0.4, 0.5) is 5.69 Å². The summed E-state index contributed by atoms with van der Waals surface area (Å²) in [6.45, 7) is 8.31. The van der Waals surface area contributed by atoms with Crippen LogP contribution < -0.4 is 14.4 Å². The smallest absolute Gasteiger partial charge is 0.263 e. The topological polar surface area (TPSA) is 79.0 Å². The van der Waals surface area contributed by atoms with E-state index in [0.29, 0.717) is 18.0 Å². The molecule has 0 spiro atoms. The lowest BCUT2D eigenvalue weighted by atomic mass is 9.92. The maximum Gasteiger partial charge on any atom is 0.263 e. The number of carbonyl (C=O) groups is 1. The van der Waals surface area contributed by atoms with Crippen LogP contribution in [0, 0.1) is 11.8 Å². The summed E-state index contributed by atoms with van der Waals surface area (Å²) in [5.41, 5.74) is 0.474. The maximum atomic E-state index is 12.6. The first-order valence-electron chi connectivity index (χ1n) is 9.97. The Bertz CT molecular complexity index is 788. The van der Waals surface area contributed by atoms with Gasteiger partial charge in [0, 0.05) is 19.6 Å². The summed E-state index contributed by atoms with van der Waals surface area (Å²) in [6, 6.07) is 6.89. The Balaban J connectivity index is 1.52. The number of anilines is 1. The number of rotatable bonds is 6. The zero-order chi connectivity index (χ0) is 20.3. The van der Waals surface area contributed by atoms with Gasteiger partial charge in [0.25, 0.3) is 5.91 Å². The van der Waals surface area contributed by atoms with E-state index in [1.807, 2.05) is 0 Å². The summed E-state index contributed by atoms with van der Waals surface area (Å²) in [7, 11) is -3.49. The highest BCUT2D eigenvalue weighted by Gasteiger charge is 2.34. The first kappa shape index (κ1) is 20.9. The molecule has 2 aliphatic heterocycles. The lowest BCUT2D eigenvalue weighted by Crippen LogP contribution is -2.50. The first-order valence-corrected chi connectivity index (χ1v) is 11.8. The van der Waals surface area contributed by atoms with Crippen LogP contribution in [-0.4, -0.2) is 64.3 Å². The van der Waals surface area contributed by atoms with Gasteiger partial charge < -0.3 is 15.0 Å². The van der Waals surface area contributed by atoms with Gasteiger partial charge in [-0.2, -0.15) is 0 Å². The predicted molar refractivity (Wildman–Crippen MR) is 110 cm³/mol. The number of carbonyl (C=O) groups excluding carboxylic acids is 1. The number of piperidine rings is 1. The van der Waals surface area contributed by atoms with Crippen molar-refractivity contribution in [2.24, 2.45) is 11.8 Å². The fraction of sp³-hybridized carbons (Fsp3) is 0.650. The van der Waals surface area contributed by atoms with E-state index in [0.717, 1.165) is 44.1 Å². The van der Waals surface area contributed by atoms with Gasteiger partial charge in [-0.15, -0.1) is 0 Å². The molecule has 2 heterocycles. The van der Waals surface area contributed by atoms with Crippen molar-refractivity contribution in [2.45, 2.75) is 32.8 Å². The molecule has 2 aliphatic rings. The number of amides is 1. The number of nitrogens with zero attached hydrogens (tertiary/aromatic N) is 2. The summed E-state index contributed by atoms with van der Waals surface area (Å²) in [6.07, 6.45) is 2.44. The number of likely N-dealkylation sites (tertiary alicyclic amines) is 1. The van der Waals surface area contributed by atoms with Crippen molar-refractivity contribution in [3.05, 3.63) is 24.3 Å². The lowest BCUT2D eigenvalue weighted by molar-refractivity contribution is -0.127. The molecule has 1 amide bonds. The molecule has 1 aromatic carbocycles. The van der Waals surface area contributed by atoms with Gasteiger partial charge in [-0.05, 0) is 43.4 Å². The van der Waals surface area contributed by atoms with E-state index in [1.165, 1.54) is 10.7 Å². The zero-order valence-corrected chi connectivity index (χ0v) is 17.7. The van der Waals surface area contributed by atoms with Crippen LogP contribution in [0.5, 0.6) is 5.75 Å². The molecular formula is C20H31N3O4S. The molecule has 0 aromatic heterocycles. The second-order valence-electron chi connectivity index (χ2n) is 8.22. The molecule has 0 aliphatic carbocycles. The second-order valence-corrected chi connectivity index (χ2v) is 10.1. The molecule has 1 N–H and O–H groups in total. The fourth-order valence-electron chi connectivity index (χ4n) is 4.26. The average Bonchev–Trinajstić information content (AvgIpc) is 2.62. The molecule has 156 valence electrons. The lowest BCUT2D eigenvalue weighted by Gasteiger charge is -2.35. The van der Waals surface area contributed by atoms with E-state index in [9.17, 15) is 13.2 Å². The third-order valence-electron chi connectivity index (χ3n) is 5.32. The number of para-hydroxylation sites is 2. The van der Waals surface area contributed by atoms with E-state index >= 15 is 0 Å². The number of sulfonamides is 1. The molecular weight excluding hydrogens is 378 g/mol. The van der Waals surface area contributed by atoms with Gasteiger partial charge in [-0.25, -0.2) is 8.42 Å². The van der Waals surface area contributed by atoms with Gasteiger partial charge >= 0.3 is 0 Å². The molecule has 1 aromatic rings. The summed E-state index contributed by atoms with van der Waals surface area (Å²) >= 11 is 0. The molecule has 1 saturated heterocycles. The van der Waals surface area contributed by atoms with Gasteiger partial charge in [0.05, 0.1) is 18.5 Å². The van der Waals surface area contributed by atoms with E-state index in [1.54, 1.807) is 24.3 Å². The number of nitrogens with one attached hydrogen (secondary N) is 1. The summed E-state index contributed by atoms with van der Waals surface area (Å²) in [4.78, 5) is 15.0. The van der Waals surface area contributed by atoms with Gasteiger partial charge in [0.1, 0.15) is 5.75 Å². The Morgan fingerprint density at radius 1 is 1.18 bits per heavy atom. The van der Waals surface area contributed by atoms with Crippen molar-refractivity contribution < 1.29 is 17.9 Å². The maximum absolute atomic E-state index is 12.6. The van der Waals surface area contributed by atoms with Crippen molar-refractivity contribution in [3.63, 3.8) is 0 Å². The Morgan fingerprint density at radius 3 is 2.54 bits per heavy atom. The summed E-state index contributed by atoms with van der Waals surface area (Å²) < 4.78 is 31.3. The Morgan fingerprint density at radius 2 is 1.86 bits per heavy atom. The Labute approximate surface area is 168 Å². The second kappa shape index (κ2) is 8.69. The number of ether oxygens (including phenoxy) is 1. The highest BCUT2D eigenvalue weighted by molar-refractivity contribution is 7.92. The third-order valence-corrected chi connectivity index (χ3v) is 6.47. The Hall–Kier alpha value is -1.80. The number of fused-ring (bicyclic) bond motifs is 1. The van der Waals surface area contributed by atoms with Crippen molar-refractivity contribution >= 4 is 21.6 Å². The van der Waals surface area contributed by atoms with Crippen LogP contribution in [0.25, 0.3) is 0 Å². The molecule has 28 heavy (non-hydrogen) atoms.